The van der Waals surface area contributed by atoms with Crippen molar-refractivity contribution < 1.29 is 4.74 Å². The first-order chi connectivity index (χ1) is 9.43. The third kappa shape index (κ3) is 3.69. The van der Waals surface area contributed by atoms with Crippen LogP contribution in [0.4, 0.5) is 0 Å². The maximum atomic E-state index is 5.96. The minimum atomic E-state index is 0.258. The normalized spacial score (nSPS) is 27.1. The van der Waals surface area contributed by atoms with E-state index in [0.29, 0.717) is 0 Å². The fourth-order valence-electron chi connectivity index (χ4n) is 2.69. The fraction of sp³-hybridized carbons (Fsp3) is 0.600. The van der Waals surface area contributed by atoms with Crippen LogP contribution in [0.1, 0.15) is 11.7 Å². The van der Waals surface area contributed by atoms with E-state index < -0.39 is 0 Å². The van der Waals surface area contributed by atoms with Gasteiger partial charge in [-0.25, -0.2) is 0 Å². The van der Waals surface area contributed by atoms with Gasteiger partial charge in [0.05, 0.1) is 12.7 Å². The van der Waals surface area contributed by atoms with Gasteiger partial charge in [-0.1, -0.05) is 30.3 Å². The fourth-order valence-corrected chi connectivity index (χ4v) is 5.31. The maximum absolute atomic E-state index is 5.96. The van der Waals surface area contributed by atoms with Crippen LogP contribution >= 0.6 is 23.5 Å². The lowest BCUT2D eigenvalue weighted by atomic mass is 10.1. The minimum absolute atomic E-state index is 0.258. The molecule has 2 fully saturated rings. The minimum Gasteiger partial charge on any atom is -0.371 e. The van der Waals surface area contributed by atoms with Crippen molar-refractivity contribution in [2.75, 3.05) is 42.7 Å². The zero-order valence-corrected chi connectivity index (χ0v) is 12.8. The molecule has 2 aliphatic rings. The van der Waals surface area contributed by atoms with Crippen LogP contribution in [-0.4, -0.2) is 53.6 Å². The van der Waals surface area contributed by atoms with E-state index in [1.165, 1.54) is 28.6 Å². The lowest BCUT2D eigenvalue weighted by Crippen LogP contribution is -2.46. The van der Waals surface area contributed by atoms with Gasteiger partial charge in [-0.15, -0.1) is 0 Å². The Morgan fingerprint density at radius 3 is 2.53 bits per heavy atom. The van der Waals surface area contributed by atoms with E-state index in [1.54, 1.807) is 0 Å². The summed E-state index contributed by atoms with van der Waals surface area (Å²) >= 11 is 4.22. The highest BCUT2D eigenvalue weighted by molar-refractivity contribution is 8.03. The van der Waals surface area contributed by atoms with Crippen molar-refractivity contribution in [1.82, 2.24) is 4.90 Å². The third-order valence-corrected chi connectivity index (χ3v) is 6.26. The maximum Gasteiger partial charge on any atom is 0.0952 e. The number of thioether (sulfide) groups is 2. The molecule has 1 aromatic carbocycles. The van der Waals surface area contributed by atoms with Crippen LogP contribution in [0.3, 0.4) is 0 Å². The van der Waals surface area contributed by atoms with Gasteiger partial charge in [0.25, 0.3) is 0 Å². The summed E-state index contributed by atoms with van der Waals surface area (Å²) in [6, 6.07) is 11.4. The Kier molecular flexibility index (Phi) is 5.10. The van der Waals surface area contributed by atoms with Gasteiger partial charge in [0, 0.05) is 42.1 Å². The second-order valence-corrected chi connectivity index (χ2v) is 7.37. The Balaban J connectivity index is 1.64. The van der Waals surface area contributed by atoms with Crippen LogP contribution < -0.4 is 0 Å². The summed E-state index contributed by atoms with van der Waals surface area (Å²) in [6.45, 7) is 3.01. The van der Waals surface area contributed by atoms with Crippen LogP contribution in [0.2, 0.25) is 0 Å². The van der Waals surface area contributed by atoms with Crippen LogP contribution in [0, 0.1) is 0 Å². The number of rotatable bonds is 2. The summed E-state index contributed by atoms with van der Waals surface area (Å²) in [4.78, 5) is 2.65. The molecule has 0 radical (unpaired) electrons. The Morgan fingerprint density at radius 1 is 1.05 bits per heavy atom. The molecule has 2 aliphatic heterocycles. The molecule has 0 aromatic heterocycles. The van der Waals surface area contributed by atoms with Crippen LogP contribution in [0.25, 0.3) is 0 Å². The van der Waals surface area contributed by atoms with E-state index >= 15 is 0 Å². The molecular weight excluding hydrogens is 274 g/mol. The molecule has 0 unspecified atom stereocenters. The lowest BCUT2D eigenvalue weighted by molar-refractivity contribution is -0.0389. The zero-order valence-electron chi connectivity index (χ0n) is 11.2. The van der Waals surface area contributed by atoms with E-state index in [4.69, 9.17) is 4.74 Å². The Morgan fingerprint density at radius 2 is 1.79 bits per heavy atom. The molecule has 2 heterocycles. The topological polar surface area (TPSA) is 12.5 Å². The van der Waals surface area contributed by atoms with Crippen molar-refractivity contribution in [3.63, 3.8) is 0 Å². The smallest absolute Gasteiger partial charge is 0.0952 e. The van der Waals surface area contributed by atoms with Crippen molar-refractivity contribution in [2.45, 2.75) is 12.1 Å². The van der Waals surface area contributed by atoms with Gasteiger partial charge in [-0.05, 0) is 5.56 Å². The number of nitrogens with zero attached hydrogens (tertiary/aromatic N) is 1. The van der Waals surface area contributed by atoms with Crippen molar-refractivity contribution >= 4 is 23.5 Å². The van der Waals surface area contributed by atoms with Gasteiger partial charge in [-0.3, -0.25) is 4.90 Å². The van der Waals surface area contributed by atoms with E-state index in [0.717, 1.165) is 25.7 Å². The van der Waals surface area contributed by atoms with Crippen LogP contribution in [0.5, 0.6) is 0 Å². The first-order valence-corrected chi connectivity index (χ1v) is 9.30. The average Bonchev–Trinajstić information content (AvgIpc) is 2.77. The summed E-state index contributed by atoms with van der Waals surface area (Å²) in [5.41, 5.74) is 1.32. The predicted molar refractivity (Wildman–Crippen MR) is 85.1 cm³/mol. The molecule has 3 rings (SSSR count). The number of hydrogen-bond donors (Lipinski definition) is 0. The largest absolute Gasteiger partial charge is 0.371 e. The van der Waals surface area contributed by atoms with E-state index in [2.05, 4.69) is 58.8 Å². The van der Waals surface area contributed by atoms with Gasteiger partial charge in [0.1, 0.15) is 0 Å². The molecular formula is C15H21NOS2. The van der Waals surface area contributed by atoms with Gasteiger partial charge in [0.15, 0.2) is 0 Å². The summed E-state index contributed by atoms with van der Waals surface area (Å²) in [5, 5.41) is 0. The molecule has 0 N–H and O–H groups in total. The molecule has 19 heavy (non-hydrogen) atoms. The first-order valence-electron chi connectivity index (χ1n) is 6.99. The second kappa shape index (κ2) is 7.02. The van der Waals surface area contributed by atoms with Crippen LogP contribution in [-0.2, 0) is 4.74 Å². The third-order valence-electron chi connectivity index (χ3n) is 3.78. The Hall–Kier alpha value is -0.160. The SMILES string of the molecule is c1ccc([C@@H]2CN(C3CSCCSC3)CCO2)cc1. The van der Waals surface area contributed by atoms with Crippen LogP contribution in [0.15, 0.2) is 30.3 Å². The molecule has 0 bridgehead atoms. The van der Waals surface area contributed by atoms with Gasteiger partial charge in [-0.2, -0.15) is 23.5 Å². The summed E-state index contributed by atoms with van der Waals surface area (Å²) < 4.78 is 5.96. The molecule has 4 heteroatoms. The van der Waals surface area contributed by atoms with E-state index in [1.807, 2.05) is 0 Å². The highest BCUT2D eigenvalue weighted by atomic mass is 32.2. The molecule has 0 spiro atoms. The van der Waals surface area contributed by atoms with E-state index in [-0.39, 0.29) is 6.10 Å². The molecule has 2 nitrogen and oxygen atoms in total. The quantitative estimate of drug-likeness (QED) is 0.831. The molecule has 0 amide bonds. The Labute approximate surface area is 124 Å². The molecule has 104 valence electrons. The Bertz CT molecular complexity index is 379. The molecule has 0 saturated carbocycles. The monoisotopic (exact) mass is 295 g/mol. The average molecular weight is 295 g/mol. The number of hydrogen-bond acceptors (Lipinski definition) is 4. The summed E-state index contributed by atoms with van der Waals surface area (Å²) in [5.74, 6) is 5.20. The highest BCUT2D eigenvalue weighted by Crippen LogP contribution is 2.27. The van der Waals surface area contributed by atoms with Crippen molar-refractivity contribution in [1.29, 1.82) is 0 Å². The van der Waals surface area contributed by atoms with Gasteiger partial charge in [0.2, 0.25) is 0 Å². The summed E-state index contributed by atoms with van der Waals surface area (Å²) in [7, 11) is 0. The molecule has 2 saturated heterocycles. The van der Waals surface area contributed by atoms with Gasteiger partial charge >= 0.3 is 0 Å². The number of morpholine rings is 1. The van der Waals surface area contributed by atoms with E-state index in [9.17, 15) is 0 Å². The number of benzene rings is 1. The zero-order chi connectivity index (χ0) is 12.9. The molecule has 1 aromatic rings. The molecule has 0 aliphatic carbocycles. The predicted octanol–water partition coefficient (Wildman–Crippen LogP) is 2.91. The first kappa shape index (κ1) is 13.8. The van der Waals surface area contributed by atoms with Gasteiger partial charge < -0.3 is 4.74 Å². The molecule has 1 atom stereocenters. The van der Waals surface area contributed by atoms with Crippen molar-refractivity contribution in [3.8, 4) is 0 Å². The summed E-state index contributed by atoms with van der Waals surface area (Å²) in [6.07, 6.45) is 0.258. The number of ether oxygens (including phenoxy) is 1. The van der Waals surface area contributed by atoms with Crippen molar-refractivity contribution in [2.24, 2.45) is 0 Å². The lowest BCUT2D eigenvalue weighted by Gasteiger charge is -2.37. The second-order valence-electron chi connectivity index (χ2n) is 5.07. The standard InChI is InChI=1S/C15H21NOS2/c1-2-4-13(5-3-1)15-10-16(6-7-17-15)14-11-18-8-9-19-12-14/h1-5,14-15H,6-12H2/t15-/m0/s1. The van der Waals surface area contributed by atoms with Crippen molar-refractivity contribution in [3.05, 3.63) is 35.9 Å². The highest BCUT2D eigenvalue weighted by Gasteiger charge is 2.27.